The van der Waals surface area contributed by atoms with E-state index in [2.05, 4.69) is 16.7 Å². The van der Waals surface area contributed by atoms with Crippen molar-refractivity contribution in [2.24, 2.45) is 0 Å². The average Bonchev–Trinajstić information content (AvgIpc) is 2.61. The number of methoxy groups -OCH3 is 1. The molecular formula is C19H28N2O3. The van der Waals surface area contributed by atoms with E-state index >= 15 is 0 Å². The molecule has 1 aliphatic rings. The van der Waals surface area contributed by atoms with Gasteiger partial charge >= 0.3 is 6.03 Å². The molecule has 0 fully saturated rings. The Morgan fingerprint density at radius 1 is 1.21 bits per heavy atom. The summed E-state index contributed by atoms with van der Waals surface area (Å²) in [5.41, 5.74) is 2.15. The molecule has 5 heteroatoms. The number of carbonyl (C=O) groups is 1. The standard InChI is InChI=1S/C19H28N2O3/c1-23-14-7-15-24-18-11-6-5-10-17(18)21-19(22)20-13-12-16-8-3-2-4-9-16/h5-6,8,10-11H,2-4,7,9,12-15H2,1H3,(H2,20,21,22). The van der Waals surface area contributed by atoms with Crippen molar-refractivity contribution in [3.05, 3.63) is 35.9 Å². The number of para-hydroxylation sites is 2. The van der Waals surface area contributed by atoms with Gasteiger partial charge in [-0.05, 0) is 44.2 Å². The first-order chi connectivity index (χ1) is 11.8. The van der Waals surface area contributed by atoms with Crippen molar-refractivity contribution in [1.29, 1.82) is 0 Å². The van der Waals surface area contributed by atoms with Crippen molar-refractivity contribution in [1.82, 2.24) is 5.32 Å². The summed E-state index contributed by atoms with van der Waals surface area (Å²) in [6.07, 6.45) is 8.96. The third-order valence-electron chi connectivity index (χ3n) is 4.00. The number of allylic oxidation sites excluding steroid dienone is 1. The second-order valence-electron chi connectivity index (χ2n) is 5.93. The van der Waals surface area contributed by atoms with Crippen molar-refractivity contribution in [3.63, 3.8) is 0 Å². The number of urea groups is 1. The third kappa shape index (κ3) is 6.62. The van der Waals surface area contributed by atoms with Gasteiger partial charge in [-0.1, -0.05) is 23.8 Å². The van der Waals surface area contributed by atoms with E-state index in [-0.39, 0.29) is 6.03 Å². The quantitative estimate of drug-likeness (QED) is 0.528. The lowest BCUT2D eigenvalue weighted by atomic mass is 9.97. The van der Waals surface area contributed by atoms with Crippen LogP contribution in [-0.4, -0.2) is 32.9 Å². The van der Waals surface area contributed by atoms with Gasteiger partial charge < -0.3 is 20.1 Å². The van der Waals surface area contributed by atoms with Gasteiger partial charge in [0.1, 0.15) is 5.75 Å². The minimum Gasteiger partial charge on any atom is -0.491 e. The molecule has 0 aromatic heterocycles. The van der Waals surface area contributed by atoms with Gasteiger partial charge in [0.25, 0.3) is 0 Å². The molecule has 0 saturated carbocycles. The van der Waals surface area contributed by atoms with E-state index in [0.29, 0.717) is 31.2 Å². The fourth-order valence-electron chi connectivity index (χ4n) is 2.72. The SMILES string of the molecule is COCCCOc1ccccc1NC(=O)NCCC1=CCCCC1. The summed E-state index contributed by atoms with van der Waals surface area (Å²) >= 11 is 0. The van der Waals surface area contributed by atoms with Gasteiger partial charge in [-0.2, -0.15) is 0 Å². The number of hydrogen-bond donors (Lipinski definition) is 2. The molecule has 132 valence electrons. The van der Waals surface area contributed by atoms with E-state index in [1.54, 1.807) is 7.11 Å². The number of ether oxygens (including phenoxy) is 2. The van der Waals surface area contributed by atoms with Gasteiger partial charge in [0.2, 0.25) is 0 Å². The number of benzene rings is 1. The molecule has 1 aliphatic carbocycles. The first-order valence-corrected chi connectivity index (χ1v) is 8.73. The molecule has 1 aromatic rings. The molecule has 2 amide bonds. The van der Waals surface area contributed by atoms with Crippen LogP contribution in [0.4, 0.5) is 10.5 Å². The third-order valence-corrected chi connectivity index (χ3v) is 4.00. The summed E-state index contributed by atoms with van der Waals surface area (Å²) in [5, 5.41) is 5.78. The van der Waals surface area contributed by atoms with E-state index in [1.807, 2.05) is 24.3 Å². The van der Waals surface area contributed by atoms with Crippen molar-refractivity contribution in [2.45, 2.75) is 38.5 Å². The van der Waals surface area contributed by atoms with Gasteiger partial charge in [-0.15, -0.1) is 0 Å². The summed E-state index contributed by atoms with van der Waals surface area (Å²) in [4.78, 5) is 12.1. The number of hydrogen-bond acceptors (Lipinski definition) is 3. The first-order valence-electron chi connectivity index (χ1n) is 8.73. The zero-order valence-corrected chi connectivity index (χ0v) is 14.5. The molecule has 0 unspecified atom stereocenters. The van der Waals surface area contributed by atoms with Crippen molar-refractivity contribution in [3.8, 4) is 5.75 Å². The molecule has 1 aromatic carbocycles. The lowest BCUT2D eigenvalue weighted by molar-refractivity contribution is 0.172. The lowest BCUT2D eigenvalue weighted by Gasteiger charge is -2.14. The highest BCUT2D eigenvalue weighted by atomic mass is 16.5. The molecule has 0 bridgehead atoms. The molecule has 5 nitrogen and oxygen atoms in total. The number of carbonyl (C=O) groups excluding carboxylic acids is 1. The van der Waals surface area contributed by atoms with Crippen LogP contribution in [0.3, 0.4) is 0 Å². The molecule has 2 N–H and O–H groups in total. The zero-order valence-electron chi connectivity index (χ0n) is 14.5. The predicted molar refractivity (Wildman–Crippen MR) is 96.6 cm³/mol. The maximum absolute atomic E-state index is 12.1. The Balaban J connectivity index is 1.75. The maximum Gasteiger partial charge on any atom is 0.319 e. The molecule has 24 heavy (non-hydrogen) atoms. The molecule has 0 saturated heterocycles. The molecule has 0 heterocycles. The summed E-state index contributed by atoms with van der Waals surface area (Å²) in [7, 11) is 1.67. The van der Waals surface area contributed by atoms with Gasteiger partial charge in [0.15, 0.2) is 0 Å². The van der Waals surface area contributed by atoms with Crippen molar-refractivity contribution in [2.75, 3.05) is 32.2 Å². The maximum atomic E-state index is 12.1. The van der Waals surface area contributed by atoms with Crippen LogP contribution >= 0.6 is 0 Å². The van der Waals surface area contributed by atoms with Gasteiger partial charge in [-0.3, -0.25) is 0 Å². The van der Waals surface area contributed by atoms with Crippen LogP contribution in [0.25, 0.3) is 0 Å². The Labute approximate surface area is 144 Å². The summed E-state index contributed by atoms with van der Waals surface area (Å²) in [5.74, 6) is 0.679. The van der Waals surface area contributed by atoms with Crippen LogP contribution in [-0.2, 0) is 4.74 Å². The summed E-state index contributed by atoms with van der Waals surface area (Å²) in [6.45, 7) is 1.88. The Morgan fingerprint density at radius 2 is 2.08 bits per heavy atom. The summed E-state index contributed by atoms with van der Waals surface area (Å²) < 4.78 is 10.7. The van der Waals surface area contributed by atoms with Gasteiger partial charge in [0.05, 0.1) is 12.3 Å². The zero-order chi connectivity index (χ0) is 17.0. The van der Waals surface area contributed by atoms with Crippen LogP contribution in [0.5, 0.6) is 5.75 Å². The van der Waals surface area contributed by atoms with Crippen LogP contribution in [0.1, 0.15) is 38.5 Å². The molecule has 0 radical (unpaired) electrons. The highest BCUT2D eigenvalue weighted by Crippen LogP contribution is 2.24. The fourth-order valence-corrected chi connectivity index (χ4v) is 2.72. The van der Waals surface area contributed by atoms with E-state index in [1.165, 1.54) is 31.3 Å². The average molecular weight is 332 g/mol. The van der Waals surface area contributed by atoms with Gasteiger partial charge in [0, 0.05) is 26.7 Å². The van der Waals surface area contributed by atoms with Crippen LogP contribution < -0.4 is 15.4 Å². The summed E-state index contributed by atoms with van der Waals surface area (Å²) in [6, 6.07) is 7.28. The van der Waals surface area contributed by atoms with E-state index in [9.17, 15) is 4.79 Å². The molecule has 2 rings (SSSR count). The molecule has 0 aliphatic heterocycles. The number of nitrogens with one attached hydrogen (secondary N) is 2. The highest BCUT2D eigenvalue weighted by molar-refractivity contribution is 5.90. The highest BCUT2D eigenvalue weighted by Gasteiger charge is 2.08. The van der Waals surface area contributed by atoms with Gasteiger partial charge in [-0.25, -0.2) is 4.79 Å². The smallest absolute Gasteiger partial charge is 0.319 e. The fraction of sp³-hybridized carbons (Fsp3) is 0.526. The Bertz CT molecular complexity index is 543. The lowest BCUT2D eigenvalue weighted by Crippen LogP contribution is -2.30. The second-order valence-corrected chi connectivity index (χ2v) is 5.93. The Hall–Kier alpha value is -2.01. The minimum atomic E-state index is -0.195. The van der Waals surface area contributed by atoms with E-state index in [4.69, 9.17) is 9.47 Å². The normalized spacial score (nSPS) is 14.0. The van der Waals surface area contributed by atoms with Crippen LogP contribution in [0, 0.1) is 0 Å². The van der Waals surface area contributed by atoms with Crippen molar-refractivity contribution < 1.29 is 14.3 Å². The molecule has 0 spiro atoms. The Morgan fingerprint density at radius 3 is 2.88 bits per heavy atom. The first kappa shape index (κ1) is 18.3. The van der Waals surface area contributed by atoms with Crippen LogP contribution in [0.2, 0.25) is 0 Å². The van der Waals surface area contributed by atoms with Crippen LogP contribution in [0.15, 0.2) is 35.9 Å². The van der Waals surface area contributed by atoms with Crippen molar-refractivity contribution >= 4 is 11.7 Å². The second kappa shape index (κ2) is 10.7. The van der Waals surface area contributed by atoms with E-state index in [0.717, 1.165) is 12.8 Å². The topological polar surface area (TPSA) is 59.6 Å². The molecular weight excluding hydrogens is 304 g/mol. The number of amides is 2. The number of rotatable bonds is 9. The van der Waals surface area contributed by atoms with E-state index < -0.39 is 0 Å². The Kier molecular flexibility index (Phi) is 8.18. The monoisotopic (exact) mass is 332 g/mol. The predicted octanol–water partition coefficient (Wildman–Crippen LogP) is 4.11. The largest absolute Gasteiger partial charge is 0.491 e. The molecule has 0 atom stereocenters. The number of anilines is 1. The minimum absolute atomic E-state index is 0.195.